The third-order valence-corrected chi connectivity index (χ3v) is 5.28. The molecule has 0 radical (unpaired) electrons. The van der Waals surface area contributed by atoms with Crippen LogP contribution in [0.25, 0.3) is 0 Å². The Morgan fingerprint density at radius 3 is 2.48 bits per heavy atom. The number of nitrogens with zero attached hydrogens (tertiary/aromatic N) is 4. The molecular formula is C20H22F3N5O5. The van der Waals surface area contributed by atoms with Gasteiger partial charge in [-0.2, -0.15) is 18.3 Å². The summed E-state index contributed by atoms with van der Waals surface area (Å²) in [7, 11) is 1.66. The molecule has 1 amide bonds. The smallest absolute Gasteiger partial charge is 0.416 e. The maximum absolute atomic E-state index is 12.9. The first-order valence-electron chi connectivity index (χ1n) is 10.0. The number of nitro benzene ring substituents is 1. The van der Waals surface area contributed by atoms with E-state index < -0.39 is 46.8 Å². The quantitative estimate of drug-likeness (QED) is 0.392. The molecule has 10 nitrogen and oxygen atoms in total. The van der Waals surface area contributed by atoms with Gasteiger partial charge in [0.2, 0.25) is 0 Å². The zero-order chi connectivity index (χ0) is 24.3. The highest BCUT2D eigenvalue weighted by molar-refractivity contribution is 5.92. The molecule has 13 heteroatoms. The lowest BCUT2D eigenvalue weighted by Gasteiger charge is -2.32. The van der Waals surface area contributed by atoms with Crippen molar-refractivity contribution >= 4 is 29.1 Å². The van der Waals surface area contributed by atoms with Crippen LogP contribution in [0.2, 0.25) is 0 Å². The van der Waals surface area contributed by atoms with E-state index in [9.17, 15) is 32.9 Å². The van der Waals surface area contributed by atoms with Crippen LogP contribution in [0.4, 0.5) is 30.4 Å². The molecule has 1 aliphatic heterocycles. The van der Waals surface area contributed by atoms with Crippen LogP contribution in [0, 0.1) is 23.0 Å². The van der Waals surface area contributed by atoms with Gasteiger partial charge in [0, 0.05) is 32.3 Å². The molecule has 0 saturated carbocycles. The van der Waals surface area contributed by atoms with Gasteiger partial charge in [-0.1, -0.05) is 0 Å². The van der Waals surface area contributed by atoms with Crippen molar-refractivity contribution in [3.63, 3.8) is 0 Å². The second-order valence-corrected chi connectivity index (χ2v) is 7.67. The van der Waals surface area contributed by atoms with E-state index in [1.165, 1.54) is 4.68 Å². The molecule has 1 aromatic heterocycles. The van der Waals surface area contributed by atoms with E-state index in [0.717, 1.165) is 12.1 Å². The Bertz CT molecular complexity index is 1060. The van der Waals surface area contributed by atoms with Crippen LogP contribution in [0.5, 0.6) is 0 Å². The SMILES string of the molecule is Cc1cc(NC(=O)COC(=O)C2CCN(c3ccc(C(F)(F)F)cc3[N+](=O)[O-])CC2)n(C)n1. The number of carbonyl (C=O) groups is 2. The topological polar surface area (TPSA) is 120 Å². The van der Waals surface area contributed by atoms with E-state index in [1.54, 1.807) is 24.9 Å². The number of nitro groups is 1. The Labute approximate surface area is 186 Å². The number of aryl methyl sites for hydroxylation is 2. The van der Waals surface area contributed by atoms with Crippen molar-refractivity contribution in [2.24, 2.45) is 13.0 Å². The zero-order valence-corrected chi connectivity index (χ0v) is 17.9. The van der Waals surface area contributed by atoms with Crippen molar-refractivity contribution in [2.75, 3.05) is 29.9 Å². The molecule has 1 fully saturated rings. The predicted octanol–water partition coefficient (Wildman–Crippen LogP) is 3.05. The molecule has 0 bridgehead atoms. The van der Waals surface area contributed by atoms with Gasteiger partial charge < -0.3 is 15.0 Å². The third-order valence-electron chi connectivity index (χ3n) is 5.28. The molecule has 0 unspecified atom stereocenters. The summed E-state index contributed by atoms with van der Waals surface area (Å²) in [5.41, 5.74) is -0.973. The number of halogens is 3. The van der Waals surface area contributed by atoms with Gasteiger partial charge >= 0.3 is 12.1 Å². The number of esters is 1. The molecule has 0 spiro atoms. The van der Waals surface area contributed by atoms with Gasteiger partial charge in [-0.05, 0) is 31.9 Å². The van der Waals surface area contributed by atoms with E-state index in [4.69, 9.17) is 4.74 Å². The molecule has 1 aliphatic rings. The summed E-state index contributed by atoms with van der Waals surface area (Å²) in [6.45, 7) is 1.72. The Kier molecular flexibility index (Phi) is 6.89. The third kappa shape index (κ3) is 5.79. The van der Waals surface area contributed by atoms with Crippen LogP contribution >= 0.6 is 0 Å². The number of nitrogens with one attached hydrogen (secondary N) is 1. The van der Waals surface area contributed by atoms with Crippen LogP contribution in [-0.4, -0.2) is 46.3 Å². The summed E-state index contributed by atoms with van der Waals surface area (Å²) in [6.07, 6.45) is -4.14. The van der Waals surface area contributed by atoms with Crippen LogP contribution in [0.1, 0.15) is 24.1 Å². The molecule has 0 atom stereocenters. The molecule has 3 rings (SSSR count). The van der Waals surface area contributed by atoms with Crippen LogP contribution < -0.4 is 10.2 Å². The zero-order valence-electron chi connectivity index (χ0n) is 17.9. The number of alkyl halides is 3. The molecular weight excluding hydrogens is 447 g/mol. The fourth-order valence-corrected chi connectivity index (χ4v) is 3.63. The minimum Gasteiger partial charge on any atom is -0.455 e. The minimum atomic E-state index is -4.69. The second-order valence-electron chi connectivity index (χ2n) is 7.67. The monoisotopic (exact) mass is 469 g/mol. The maximum Gasteiger partial charge on any atom is 0.416 e. The van der Waals surface area contributed by atoms with Crippen molar-refractivity contribution in [1.29, 1.82) is 0 Å². The predicted molar refractivity (Wildman–Crippen MR) is 111 cm³/mol. The average molecular weight is 469 g/mol. The number of ether oxygens (including phenoxy) is 1. The van der Waals surface area contributed by atoms with Gasteiger partial charge in [0.05, 0.1) is 22.1 Å². The maximum atomic E-state index is 12.9. The Hall–Kier alpha value is -3.64. The number of rotatable bonds is 6. The van der Waals surface area contributed by atoms with Gasteiger partial charge in [0.25, 0.3) is 11.6 Å². The second kappa shape index (κ2) is 9.46. The van der Waals surface area contributed by atoms with Gasteiger partial charge in [-0.25, -0.2) is 0 Å². The normalized spacial score (nSPS) is 14.8. The summed E-state index contributed by atoms with van der Waals surface area (Å²) in [5, 5.41) is 18.0. The molecule has 178 valence electrons. The van der Waals surface area contributed by atoms with Crippen LogP contribution in [0.15, 0.2) is 24.3 Å². The lowest BCUT2D eigenvalue weighted by atomic mass is 9.96. The molecule has 0 aliphatic carbocycles. The van der Waals surface area contributed by atoms with E-state index in [1.807, 2.05) is 0 Å². The highest BCUT2D eigenvalue weighted by atomic mass is 19.4. The lowest BCUT2D eigenvalue weighted by molar-refractivity contribution is -0.384. The van der Waals surface area contributed by atoms with E-state index in [2.05, 4.69) is 10.4 Å². The average Bonchev–Trinajstić information content (AvgIpc) is 3.07. The minimum absolute atomic E-state index is 0.0608. The number of anilines is 2. The van der Waals surface area contributed by atoms with E-state index >= 15 is 0 Å². The van der Waals surface area contributed by atoms with Crippen molar-refractivity contribution in [3.05, 3.63) is 45.6 Å². The van der Waals surface area contributed by atoms with Crippen molar-refractivity contribution < 1.29 is 32.4 Å². The number of hydrogen-bond donors (Lipinski definition) is 1. The number of piperidine rings is 1. The van der Waals surface area contributed by atoms with Gasteiger partial charge in [0.15, 0.2) is 6.61 Å². The van der Waals surface area contributed by atoms with Gasteiger partial charge in [-0.3, -0.25) is 24.4 Å². The van der Waals surface area contributed by atoms with Crippen LogP contribution in [0.3, 0.4) is 0 Å². The largest absolute Gasteiger partial charge is 0.455 e. The molecule has 2 aromatic rings. The van der Waals surface area contributed by atoms with Gasteiger partial charge in [-0.15, -0.1) is 0 Å². The first kappa shape index (κ1) is 24.0. The Balaban J connectivity index is 1.55. The first-order valence-corrected chi connectivity index (χ1v) is 10.0. The van der Waals surface area contributed by atoms with Crippen molar-refractivity contribution in [1.82, 2.24) is 9.78 Å². The van der Waals surface area contributed by atoms with Gasteiger partial charge in [0.1, 0.15) is 11.5 Å². The molecule has 2 heterocycles. The molecule has 1 N–H and O–H groups in total. The summed E-state index contributed by atoms with van der Waals surface area (Å²) < 4.78 is 45.3. The fourth-order valence-electron chi connectivity index (χ4n) is 3.63. The summed E-state index contributed by atoms with van der Waals surface area (Å²) in [6, 6.07) is 4.04. The number of hydrogen-bond acceptors (Lipinski definition) is 7. The number of benzene rings is 1. The fraction of sp³-hybridized carbons (Fsp3) is 0.450. The van der Waals surface area contributed by atoms with E-state index in [-0.39, 0.29) is 31.6 Å². The first-order chi connectivity index (χ1) is 15.5. The molecule has 33 heavy (non-hydrogen) atoms. The van der Waals surface area contributed by atoms with Crippen molar-refractivity contribution in [3.8, 4) is 0 Å². The summed E-state index contributed by atoms with van der Waals surface area (Å²) in [5.74, 6) is -1.17. The van der Waals surface area contributed by atoms with E-state index in [0.29, 0.717) is 17.6 Å². The Morgan fingerprint density at radius 2 is 1.94 bits per heavy atom. The summed E-state index contributed by atoms with van der Waals surface area (Å²) in [4.78, 5) is 36.4. The number of carbonyl (C=O) groups excluding carboxylic acids is 2. The van der Waals surface area contributed by atoms with Crippen molar-refractivity contribution in [2.45, 2.75) is 25.9 Å². The number of aromatic nitrogens is 2. The lowest BCUT2D eigenvalue weighted by Crippen LogP contribution is -2.38. The van der Waals surface area contributed by atoms with Crippen LogP contribution in [-0.2, 0) is 27.5 Å². The molecule has 1 saturated heterocycles. The highest BCUT2D eigenvalue weighted by Gasteiger charge is 2.35. The highest BCUT2D eigenvalue weighted by Crippen LogP contribution is 2.37. The summed E-state index contributed by atoms with van der Waals surface area (Å²) >= 11 is 0. The standard InChI is InChI=1S/C20H22F3N5O5/c1-12-9-17(26(2)25-12)24-18(29)11-33-19(30)13-5-7-27(8-6-13)15-4-3-14(20(21,22)23)10-16(15)28(31)32/h3-4,9-10,13H,5-8,11H2,1-2H3,(H,24,29). The number of amides is 1. The Morgan fingerprint density at radius 1 is 1.27 bits per heavy atom. The molecule has 1 aromatic carbocycles.